The van der Waals surface area contributed by atoms with Gasteiger partial charge in [0.15, 0.2) is 0 Å². The fourth-order valence-electron chi connectivity index (χ4n) is 2.35. The number of H-pyrrole nitrogens is 1. The van der Waals surface area contributed by atoms with E-state index in [0.29, 0.717) is 18.0 Å². The standard InChI is InChI=1S/C17H18N4O2S/c1-11-14(12(2)21-20-11)7-17(22)19-15-5-3-4-6-16(15)23-8-13-9-24-10-18-13/h3-6,9-10H,7-8H2,1-2H3,(H,19,22)(H,20,21). The first-order chi connectivity index (χ1) is 11.6. The van der Waals surface area contributed by atoms with E-state index in [-0.39, 0.29) is 12.3 Å². The van der Waals surface area contributed by atoms with Crippen LogP contribution in [0.25, 0.3) is 0 Å². The van der Waals surface area contributed by atoms with Gasteiger partial charge in [-0.25, -0.2) is 4.98 Å². The van der Waals surface area contributed by atoms with Gasteiger partial charge in [-0.05, 0) is 26.0 Å². The van der Waals surface area contributed by atoms with Crippen molar-refractivity contribution in [1.29, 1.82) is 0 Å². The third-order valence-electron chi connectivity index (χ3n) is 3.64. The minimum Gasteiger partial charge on any atom is -0.485 e. The van der Waals surface area contributed by atoms with Crippen molar-refractivity contribution in [2.24, 2.45) is 0 Å². The molecule has 0 unspecified atom stereocenters. The van der Waals surface area contributed by atoms with Crippen LogP contribution in [0.5, 0.6) is 5.75 Å². The summed E-state index contributed by atoms with van der Waals surface area (Å²) < 4.78 is 5.78. The minimum atomic E-state index is -0.104. The number of hydrogen-bond acceptors (Lipinski definition) is 5. The van der Waals surface area contributed by atoms with Crippen LogP contribution in [0.1, 0.15) is 22.6 Å². The lowest BCUT2D eigenvalue weighted by Gasteiger charge is -2.12. The number of nitrogens with one attached hydrogen (secondary N) is 2. The molecule has 2 N–H and O–H groups in total. The van der Waals surface area contributed by atoms with Gasteiger partial charge in [-0.1, -0.05) is 12.1 Å². The lowest BCUT2D eigenvalue weighted by Crippen LogP contribution is -2.16. The highest BCUT2D eigenvalue weighted by Crippen LogP contribution is 2.25. The third kappa shape index (κ3) is 3.80. The summed E-state index contributed by atoms with van der Waals surface area (Å²) in [5.74, 6) is 0.520. The van der Waals surface area contributed by atoms with Gasteiger partial charge >= 0.3 is 0 Å². The molecule has 2 heterocycles. The first-order valence-corrected chi connectivity index (χ1v) is 8.47. The number of anilines is 1. The molecule has 1 aromatic carbocycles. The zero-order chi connectivity index (χ0) is 16.9. The van der Waals surface area contributed by atoms with Crippen LogP contribution in [0.2, 0.25) is 0 Å². The summed E-state index contributed by atoms with van der Waals surface area (Å²) in [6.45, 7) is 4.17. The normalized spacial score (nSPS) is 10.6. The van der Waals surface area contributed by atoms with Gasteiger partial charge in [0.05, 0.1) is 29.0 Å². The minimum absolute atomic E-state index is 0.104. The summed E-state index contributed by atoms with van der Waals surface area (Å²) in [6.07, 6.45) is 0.272. The van der Waals surface area contributed by atoms with Crippen LogP contribution in [0.15, 0.2) is 35.2 Å². The number of amides is 1. The SMILES string of the molecule is Cc1n[nH]c(C)c1CC(=O)Nc1ccccc1OCc1cscn1. The lowest BCUT2D eigenvalue weighted by atomic mass is 10.1. The van der Waals surface area contributed by atoms with E-state index in [9.17, 15) is 4.79 Å². The van der Waals surface area contributed by atoms with E-state index in [1.807, 2.05) is 43.5 Å². The fourth-order valence-corrected chi connectivity index (χ4v) is 2.89. The van der Waals surface area contributed by atoms with E-state index >= 15 is 0 Å². The average molecular weight is 342 g/mol. The number of para-hydroxylation sites is 2. The lowest BCUT2D eigenvalue weighted by molar-refractivity contribution is -0.115. The molecule has 1 amide bonds. The number of carbonyl (C=O) groups excluding carboxylic acids is 1. The molecule has 0 radical (unpaired) electrons. The molecule has 24 heavy (non-hydrogen) atoms. The second kappa shape index (κ2) is 7.27. The molecule has 0 saturated carbocycles. The van der Waals surface area contributed by atoms with Crippen molar-refractivity contribution < 1.29 is 9.53 Å². The third-order valence-corrected chi connectivity index (χ3v) is 4.27. The van der Waals surface area contributed by atoms with Crippen molar-refractivity contribution in [1.82, 2.24) is 15.2 Å². The zero-order valence-corrected chi connectivity index (χ0v) is 14.3. The van der Waals surface area contributed by atoms with E-state index < -0.39 is 0 Å². The molecule has 0 spiro atoms. The highest BCUT2D eigenvalue weighted by atomic mass is 32.1. The van der Waals surface area contributed by atoms with Crippen molar-refractivity contribution in [3.63, 3.8) is 0 Å². The van der Waals surface area contributed by atoms with E-state index in [2.05, 4.69) is 20.5 Å². The number of thiazole rings is 1. The summed E-state index contributed by atoms with van der Waals surface area (Å²) in [7, 11) is 0. The van der Waals surface area contributed by atoms with Gasteiger partial charge in [0.2, 0.25) is 5.91 Å². The van der Waals surface area contributed by atoms with Crippen LogP contribution in [-0.4, -0.2) is 21.1 Å². The predicted octanol–water partition coefficient (Wildman–Crippen LogP) is 3.24. The topological polar surface area (TPSA) is 79.9 Å². The van der Waals surface area contributed by atoms with Gasteiger partial charge in [0, 0.05) is 16.6 Å². The van der Waals surface area contributed by atoms with Gasteiger partial charge < -0.3 is 10.1 Å². The molecular formula is C17H18N4O2S. The van der Waals surface area contributed by atoms with Crippen LogP contribution in [0, 0.1) is 13.8 Å². The monoisotopic (exact) mass is 342 g/mol. The highest BCUT2D eigenvalue weighted by molar-refractivity contribution is 7.07. The quantitative estimate of drug-likeness (QED) is 0.721. The van der Waals surface area contributed by atoms with Crippen LogP contribution in [-0.2, 0) is 17.8 Å². The van der Waals surface area contributed by atoms with Gasteiger partial charge in [-0.2, -0.15) is 5.10 Å². The second-order valence-corrected chi connectivity index (χ2v) is 6.12. The molecule has 0 saturated heterocycles. The highest BCUT2D eigenvalue weighted by Gasteiger charge is 2.13. The van der Waals surface area contributed by atoms with Crippen molar-refractivity contribution >= 4 is 22.9 Å². The Kier molecular flexibility index (Phi) is 4.90. The molecule has 7 heteroatoms. The maximum absolute atomic E-state index is 12.4. The van der Waals surface area contributed by atoms with E-state index in [1.54, 1.807) is 5.51 Å². The summed E-state index contributed by atoms with van der Waals surface area (Å²) in [5.41, 5.74) is 5.96. The maximum atomic E-state index is 12.4. The number of carbonyl (C=O) groups is 1. The molecule has 6 nitrogen and oxygen atoms in total. The van der Waals surface area contributed by atoms with Gasteiger partial charge in [-0.15, -0.1) is 11.3 Å². The molecule has 3 rings (SSSR count). The maximum Gasteiger partial charge on any atom is 0.229 e. The van der Waals surface area contributed by atoms with E-state index in [4.69, 9.17) is 4.74 Å². The van der Waals surface area contributed by atoms with Crippen molar-refractivity contribution in [3.8, 4) is 5.75 Å². The van der Waals surface area contributed by atoms with Crippen LogP contribution < -0.4 is 10.1 Å². The Labute approximate surface area is 143 Å². The van der Waals surface area contributed by atoms with Crippen molar-refractivity contribution in [3.05, 3.63) is 57.8 Å². The Morgan fingerprint density at radius 1 is 1.33 bits per heavy atom. The number of benzene rings is 1. The number of aromatic nitrogens is 3. The summed E-state index contributed by atoms with van der Waals surface area (Å²) in [6, 6.07) is 7.38. The predicted molar refractivity (Wildman–Crippen MR) is 93.3 cm³/mol. The van der Waals surface area contributed by atoms with E-state index in [1.165, 1.54) is 11.3 Å². The van der Waals surface area contributed by atoms with Crippen molar-refractivity contribution in [2.75, 3.05) is 5.32 Å². The molecule has 0 atom stereocenters. The van der Waals surface area contributed by atoms with Crippen LogP contribution in [0.4, 0.5) is 5.69 Å². The zero-order valence-electron chi connectivity index (χ0n) is 13.5. The molecular weight excluding hydrogens is 324 g/mol. The molecule has 0 bridgehead atoms. The van der Waals surface area contributed by atoms with Gasteiger partial charge in [0.1, 0.15) is 12.4 Å². The molecule has 0 aliphatic carbocycles. The Hall–Kier alpha value is -2.67. The number of aryl methyl sites for hydroxylation is 2. The molecule has 124 valence electrons. The number of ether oxygens (including phenoxy) is 1. The first-order valence-electron chi connectivity index (χ1n) is 7.52. The molecule has 0 aliphatic heterocycles. The Morgan fingerprint density at radius 3 is 2.88 bits per heavy atom. The average Bonchev–Trinajstić information content (AvgIpc) is 3.19. The summed E-state index contributed by atoms with van der Waals surface area (Å²) >= 11 is 1.52. The van der Waals surface area contributed by atoms with Crippen LogP contribution in [0.3, 0.4) is 0 Å². The number of hydrogen-bond donors (Lipinski definition) is 2. The molecule has 3 aromatic rings. The largest absolute Gasteiger partial charge is 0.485 e. The van der Waals surface area contributed by atoms with Gasteiger partial charge in [0.25, 0.3) is 0 Å². The van der Waals surface area contributed by atoms with E-state index in [0.717, 1.165) is 22.6 Å². The van der Waals surface area contributed by atoms with Gasteiger partial charge in [-0.3, -0.25) is 9.89 Å². The smallest absolute Gasteiger partial charge is 0.229 e. The summed E-state index contributed by atoms with van der Waals surface area (Å²) in [4.78, 5) is 16.5. The molecule has 0 aliphatic rings. The second-order valence-electron chi connectivity index (χ2n) is 5.40. The number of rotatable bonds is 6. The number of nitrogens with zero attached hydrogens (tertiary/aromatic N) is 2. The van der Waals surface area contributed by atoms with Crippen LogP contribution >= 0.6 is 11.3 Å². The number of aromatic amines is 1. The molecule has 2 aromatic heterocycles. The summed E-state index contributed by atoms with van der Waals surface area (Å²) in [5, 5.41) is 11.9. The Balaban J connectivity index is 1.67. The molecule has 0 fully saturated rings. The first kappa shape index (κ1) is 16.2. The fraction of sp³-hybridized carbons (Fsp3) is 0.235. The van der Waals surface area contributed by atoms with Crippen molar-refractivity contribution in [2.45, 2.75) is 26.9 Å². The Bertz CT molecular complexity index is 807. The Morgan fingerprint density at radius 2 is 2.17 bits per heavy atom.